The van der Waals surface area contributed by atoms with Crippen LogP contribution in [0.15, 0.2) is 42.5 Å². The summed E-state index contributed by atoms with van der Waals surface area (Å²) in [6.07, 6.45) is 0.917. The zero-order valence-corrected chi connectivity index (χ0v) is 15.5. The van der Waals surface area contributed by atoms with Gasteiger partial charge in [-0.25, -0.2) is 0 Å². The molecule has 0 bridgehead atoms. The molecule has 0 aliphatic carbocycles. The van der Waals surface area contributed by atoms with Crippen LogP contribution < -0.4 is 14.8 Å². The molecule has 0 aliphatic rings. The minimum Gasteiger partial charge on any atom is -0.490 e. The van der Waals surface area contributed by atoms with Crippen molar-refractivity contribution in [1.29, 1.82) is 0 Å². The first-order valence-corrected chi connectivity index (χ1v) is 8.86. The molecule has 0 aromatic heterocycles. The second-order valence-electron chi connectivity index (χ2n) is 6.17. The van der Waals surface area contributed by atoms with Gasteiger partial charge in [0, 0.05) is 11.3 Å². The summed E-state index contributed by atoms with van der Waals surface area (Å²) in [5, 5.41) is 2.92. The molecule has 0 radical (unpaired) electrons. The molecule has 0 saturated heterocycles. The predicted molar refractivity (Wildman–Crippen MR) is 102 cm³/mol. The van der Waals surface area contributed by atoms with Gasteiger partial charge in [-0.2, -0.15) is 0 Å². The third kappa shape index (κ3) is 5.24. The highest BCUT2D eigenvalue weighted by Crippen LogP contribution is 2.29. The predicted octanol–water partition coefficient (Wildman–Crippen LogP) is 5.25. The zero-order chi connectivity index (χ0) is 18.2. The van der Waals surface area contributed by atoms with Gasteiger partial charge in [-0.15, -0.1) is 0 Å². The van der Waals surface area contributed by atoms with Gasteiger partial charge in [-0.1, -0.05) is 32.9 Å². The first-order chi connectivity index (χ1) is 12.0. The molecule has 2 rings (SSSR count). The minimum absolute atomic E-state index is 0.166. The van der Waals surface area contributed by atoms with E-state index >= 15 is 0 Å². The van der Waals surface area contributed by atoms with E-state index in [-0.39, 0.29) is 5.91 Å². The Kier molecular flexibility index (Phi) is 6.87. The zero-order valence-electron chi connectivity index (χ0n) is 15.5. The maximum atomic E-state index is 12.5. The molecule has 0 saturated carbocycles. The maximum absolute atomic E-state index is 12.5. The van der Waals surface area contributed by atoms with Gasteiger partial charge in [0.2, 0.25) is 0 Å². The lowest BCUT2D eigenvalue weighted by atomic mass is 10.0. The molecule has 1 amide bonds. The van der Waals surface area contributed by atoms with Gasteiger partial charge in [-0.3, -0.25) is 4.79 Å². The molecule has 0 unspecified atom stereocenters. The Labute approximate surface area is 150 Å². The number of amides is 1. The molecule has 2 aromatic rings. The average molecular weight is 341 g/mol. The highest BCUT2D eigenvalue weighted by molar-refractivity contribution is 6.04. The number of anilines is 1. The molecule has 4 nitrogen and oxygen atoms in total. The van der Waals surface area contributed by atoms with Crippen LogP contribution in [0.1, 0.15) is 56.0 Å². The Bertz CT molecular complexity index is 693. The van der Waals surface area contributed by atoms with E-state index in [4.69, 9.17) is 9.47 Å². The van der Waals surface area contributed by atoms with Crippen LogP contribution in [0.2, 0.25) is 0 Å². The van der Waals surface area contributed by atoms with Crippen LogP contribution in [0.5, 0.6) is 11.5 Å². The second-order valence-corrected chi connectivity index (χ2v) is 6.17. The van der Waals surface area contributed by atoms with Crippen molar-refractivity contribution in [3.05, 3.63) is 53.6 Å². The number of hydrogen-bond donors (Lipinski definition) is 1. The van der Waals surface area contributed by atoms with E-state index in [1.54, 1.807) is 18.2 Å². The van der Waals surface area contributed by atoms with Gasteiger partial charge in [0.05, 0.1) is 13.2 Å². The lowest BCUT2D eigenvalue weighted by Gasteiger charge is -2.13. The van der Waals surface area contributed by atoms with Crippen molar-refractivity contribution in [2.24, 2.45) is 0 Å². The first kappa shape index (κ1) is 18.8. The monoisotopic (exact) mass is 341 g/mol. The Balaban J connectivity index is 2.13. The van der Waals surface area contributed by atoms with Gasteiger partial charge in [0.15, 0.2) is 11.5 Å². The molecule has 25 heavy (non-hydrogen) atoms. The van der Waals surface area contributed by atoms with E-state index < -0.39 is 0 Å². The number of hydrogen-bond acceptors (Lipinski definition) is 3. The van der Waals surface area contributed by atoms with Gasteiger partial charge >= 0.3 is 0 Å². The largest absolute Gasteiger partial charge is 0.490 e. The summed E-state index contributed by atoms with van der Waals surface area (Å²) in [5.41, 5.74) is 2.56. The van der Waals surface area contributed by atoms with Crippen molar-refractivity contribution >= 4 is 11.6 Å². The maximum Gasteiger partial charge on any atom is 0.255 e. The summed E-state index contributed by atoms with van der Waals surface area (Å²) in [7, 11) is 0. The topological polar surface area (TPSA) is 47.6 Å². The molecule has 4 heteroatoms. The first-order valence-electron chi connectivity index (χ1n) is 8.86. The third-order valence-electron chi connectivity index (χ3n) is 3.80. The van der Waals surface area contributed by atoms with E-state index in [0.29, 0.717) is 36.2 Å². The smallest absolute Gasteiger partial charge is 0.255 e. The van der Waals surface area contributed by atoms with E-state index in [2.05, 4.69) is 19.2 Å². The van der Waals surface area contributed by atoms with Crippen LogP contribution in [-0.2, 0) is 0 Å². The third-order valence-corrected chi connectivity index (χ3v) is 3.80. The number of nitrogens with one attached hydrogen (secondary N) is 1. The van der Waals surface area contributed by atoms with Crippen LogP contribution >= 0.6 is 0 Å². The molecular weight excluding hydrogens is 314 g/mol. The van der Waals surface area contributed by atoms with E-state index in [1.807, 2.05) is 38.1 Å². The fourth-order valence-corrected chi connectivity index (χ4v) is 2.40. The highest BCUT2D eigenvalue weighted by Gasteiger charge is 2.12. The fourth-order valence-electron chi connectivity index (χ4n) is 2.40. The second kappa shape index (κ2) is 9.11. The molecule has 1 N–H and O–H groups in total. The van der Waals surface area contributed by atoms with Crippen LogP contribution in [-0.4, -0.2) is 19.1 Å². The van der Waals surface area contributed by atoms with E-state index in [9.17, 15) is 4.79 Å². The van der Waals surface area contributed by atoms with Crippen molar-refractivity contribution in [2.75, 3.05) is 18.5 Å². The Hall–Kier alpha value is -2.49. The van der Waals surface area contributed by atoms with Gasteiger partial charge in [-0.05, 0) is 55.2 Å². The van der Waals surface area contributed by atoms with E-state index in [1.165, 1.54) is 5.56 Å². The standard InChI is InChI=1S/C21H27NO3/c1-5-13-25-19-12-9-17(14-20(19)24-6-2)21(23)22-18-10-7-16(8-11-18)15(3)4/h7-12,14-15H,5-6,13H2,1-4H3,(H,22,23). The molecular formula is C21H27NO3. The number of carbonyl (C=O) groups is 1. The molecule has 0 heterocycles. The highest BCUT2D eigenvalue weighted by atomic mass is 16.5. The van der Waals surface area contributed by atoms with Crippen LogP contribution in [0, 0.1) is 0 Å². The number of rotatable bonds is 8. The Morgan fingerprint density at radius 1 is 1.00 bits per heavy atom. The van der Waals surface area contributed by atoms with Crippen molar-refractivity contribution < 1.29 is 14.3 Å². The van der Waals surface area contributed by atoms with Crippen molar-refractivity contribution in [2.45, 2.75) is 40.0 Å². The SMILES string of the molecule is CCCOc1ccc(C(=O)Nc2ccc(C(C)C)cc2)cc1OCC. The molecule has 0 spiro atoms. The summed E-state index contributed by atoms with van der Waals surface area (Å²) in [6.45, 7) is 9.38. The fraction of sp³-hybridized carbons (Fsp3) is 0.381. The summed E-state index contributed by atoms with van der Waals surface area (Å²) >= 11 is 0. The summed E-state index contributed by atoms with van der Waals surface area (Å²) in [4.78, 5) is 12.5. The lowest BCUT2D eigenvalue weighted by molar-refractivity contribution is 0.102. The van der Waals surface area contributed by atoms with Gasteiger partial charge in [0.1, 0.15) is 0 Å². The Morgan fingerprint density at radius 2 is 1.72 bits per heavy atom. The quantitative estimate of drug-likeness (QED) is 0.713. The van der Waals surface area contributed by atoms with Crippen molar-refractivity contribution in [3.63, 3.8) is 0 Å². The number of ether oxygens (including phenoxy) is 2. The molecule has 2 aromatic carbocycles. The summed E-state index contributed by atoms with van der Waals surface area (Å²) < 4.78 is 11.3. The van der Waals surface area contributed by atoms with Crippen LogP contribution in [0.4, 0.5) is 5.69 Å². The molecule has 0 fully saturated rings. The van der Waals surface area contributed by atoms with Crippen molar-refractivity contribution in [1.82, 2.24) is 0 Å². The summed E-state index contributed by atoms with van der Waals surface area (Å²) in [6, 6.07) is 13.2. The molecule has 134 valence electrons. The summed E-state index contributed by atoms with van der Waals surface area (Å²) in [5.74, 6) is 1.56. The minimum atomic E-state index is -0.166. The lowest BCUT2D eigenvalue weighted by Crippen LogP contribution is -2.12. The van der Waals surface area contributed by atoms with Crippen molar-refractivity contribution in [3.8, 4) is 11.5 Å². The molecule has 0 atom stereocenters. The van der Waals surface area contributed by atoms with E-state index in [0.717, 1.165) is 12.1 Å². The van der Waals surface area contributed by atoms with Crippen LogP contribution in [0.25, 0.3) is 0 Å². The van der Waals surface area contributed by atoms with Gasteiger partial charge < -0.3 is 14.8 Å². The average Bonchev–Trinajstić information content (AvgIpc) is 2.61. The Morgan fingerprint density at radius 3 is 2.32 bits per heavy atom. The van der Waals surface area contributed by atoms with Gasteiger partial charge in [0.25, 0.3) is 5.91 Å². The number of benzene rings is 2. The molecule has 0 aliphatic heterocycles. The van der Waals surface area contributed by atoms with Crippen LogP contribution in [0.3, 0.4) is 0 Å². The normalized spacial score (nSPS) is 10.6. The number of carbonyl (C=O) groups excluding carboxylic acids is 1.